The summed E-state index contributed by atoms with van der Waals surface area (Å²) in [5.74, 6) is 0.411. The number of carbonyl (C=O) groups excluding carboxylic acids is 2. The van der Waals surface area contributed by atoms with E-state index in [9.17, 15) is 14.7 Å². The molecular formula is C36H43N5O4. The van der Waals surface area contributed by atoms with Crippen molar-refractivity contribution in [1.29, 1.82) is 0 Å². The Morgan fingerprint density at radius 3 is 2.56 bits per heavy atom. The van der Waals surface area contributed by atoms with Crippen molar-refractivity contribution in [3.05, 3.63) is 118 Å². The van der Waals surface area contributed by atoms with Gasteiger partial charge in [-0.2, -0.15) is 0 Å². The van der Waals surface area contributed by atoms with Crippen LogP contribution in [0, 0.1) is 13.8 Å². The number of nitrogens with zero attached hydrogens (tertiary/aromatic N) is 3. The Labute approximate surface area is 265 Å². The van der Waals surface area contributed by atoms with E-state index in [0.29, 0.717) is 42.4 Å². The summed E-state index contributed by atoms with van der Waals surface area (Å²) in [7, 11) is 0. The molecule has 4 aromatic rings. The fraction of sp³-hybridized carbons (Fsp3) is 0.389. The third-order valence-electron chi connectivity index (χ3n) is 8.27. The molecule has 0 saturated carbocycles. The summed E-state index contributed by atoms with van der Waals surface area (Å²) in [4.78, 5) is 38.0. The van der Waals surface area contributed by atoms with Crippen LogP contribution in [0.3, 0.4) is 0 Å². The lowest BCUT2D eigenvalue weighted by molar-refractivity contribution is 0.0715. The van der Waals surface area contributed by atoms with Crippen LogP contribution in [0.2, 0.25) is 0 Å². The van der Waals surface area contributed by atoms with Crippen LogP contribution in [0.25, 0.3) is 0 Å². The third kappa shape index (κ3) is 8.23. The maximum Gasteiger partial charge on any atom is 0.254 e. The van der Waals surface area contributed by atoms with Crippen molar-refractivity contribution in [2.75, 3.05) is 13.1 Å². The van der Waals surface area contributed by atoms with E-state index in [1.54, 1.807) is 29.4 Å². The zero-order valence-corrected chi connectivity index (χ0v) is 26.5. The molecular weight excluding hydrogens is 566 g/mol. The summed E-state index contributed by atoms with van der Waals surface area (Å²) in [6.45, 7) is 9.41. The number of pyridine rings is 1. The van der Waals surface area contributed by atoms with Gasteiger partial charge in [0.2, 0.25) is 5.89 Å². The molecule has 236 valence electrons. The third-order valence-corrected chi connectivity index (χ3v) is 8.27. The fourth-order valence-electron chi connectivity index (χ4n) is 5.82. The van der Waals surface area contributed by atoms with Crippen LogP contribution in [-0.4, -0.2) is 57.0 Å². The van der Waals surface area contributed by atoms with Gasteiger partial charge >= 0.3 is 0 Å². The Morgan fingerprint density at radius 1 is 1.04 bits per heavy atom. The number of aromatic nitrogens is 2. The largest absolute Gasteiger partial charge is 0.446 e. The number of carbonyl (C=O) groups is 2. The molecule has 0 spiro atoms. The van der Waals surface area contributed by atoms with Crippen LogP contribution in [-0.2, 0) is 13.0 Å². The first-order chi connectivity index (χ1) is 21.7. The van der Waals surface area contributed by atoms with Gasteiger partial charge in [0.1, 0.15) is 12.3 Å². The molecule has 3 N–H and O–H groups in total. The molecule has 0 aliphatic carbocycles. The summed E-state index contributed by atoms with van der Waals surface area (Å²) in [5.41, 5.74) is 5.58. The average molecular weight is 610 g/mol. The van der Waals surface area contributed by atoms with Crippen molar-refractivity contribution in [2.45, 2.75) is 77.6 Å². The molecule has 5 rings (SSSR count). The van der Waals surface area contributed by atoms with Crippen LogP contribution < -0.4 is 10.6 Å². The van der Waals surface area contributed by atoms with Crippen molar-refractivity contribution < 1.29 is 19.1 Å². The van der Waals surface area contributed by atoms with Crippen molar-refractivity contribution in [1.82, 2.24) is 25.5 Å². The van der Waals surface area contributed by atoms with Gasteiger partial charge in [0.15, 0.2) is 0 Å². The highest BCUT2D eigenvalue weighted by molar-refractivity contribution is 6.00. The maximum atomic E-state index is 13.7. The zero-order valence-electron chi connectivity index (χ0n) is 26.5. The molecule has 9 heteroatoms. The first-order valence-electron chi connectivity index (χ1n) is 15.7. The van der Waals surface area contributed by atoms with Crippen molar-refractivity contribution in [3.63, 3.8) is 0 Å². The molecule has 1 aliphatic heterocycles. The number of hydrogen-bond acceptors (Lipinski definition) is 7. The molecule has 1 aliphatic rings. The van der Waals surface area contributed by atoms with Gasteiger partial charge in [0.25, 0.3) is 11.8 Å². The molecule has 2 amide bonds. The minimum atomic E-state index is -0.865. The minimum Gasteiger partial charge on any atom is -0.446 e. The van der Waals surface area contributed by atoms with Crippen LogP contribution in [0.4, 0.5) is 0 Å². The van der Waals surface area contributed by atoms with Gasteiger partial charge in [-0.05, 0) is 79.5 Å². The van der Waals surface area contributed by atoms with E-state index in [1.807, 2.05) is 56.6 Å². The summed E-state index contributed by atoms with van der Waals surface area (Å²) in [5, 5.41) is 17.7. The lowest BCUT2D eigenvalue weighted by Gasteiger charge is -2.25. The Balaban J connectivity index is 1.29. The second kappa shape index (κ2) is 14.6. The molecule has 2 aromatic heterocycles. The highest BCUT2D eigenvalue weighted by Gasteiger charge is 2.34. The Bertz CT molecular complexity index is 1600. The smallest absolute Gasteiger partial charge is 0.254 e. The molecule has 45 heavy (non-hydrogen) atoms. The summed E-state index contributed by atoms with van der Waals surface area (Å²) >= 11 is 0. The Morgan fingerprint density at radius 2 is 1.82 bits per heavy atom. The summed E-state index contributed by atoms with van der Waals surface area (Å²) in [6.07, 6.45) is 6.50. The van der Waals surface area contributed by atoms with Gasteiger partial charge in [-0.25, -0.2) is 4.98 Å². The lowest BCUT2D eigenvalue weighted by Crippen LogP contribution is -2.48. The molecule has 1 saturated heterocycles. The topological polar surface area (TPSA) is 121 Å². The number of likely N-dealkylation sites (tertiary alicyclic amines) is 1. The first-order valence-corrected chi connectivity index (χ1v) is 15.7. The molecule has 0 radical (unpaired) electrons. The number of rotatable bonds is 12. The number of aliphatic hydroxyl groups is 1. The molecule has 2 aromatic carbocycles. The molecule has 0 bridgehead atoms. The van der Waals surface area contributed by atoms with E-state index in [4.69, 9.17) is 4.42 Å². The van der Waals surface area contributed by atoms with Crippen molar-refractivity contribution >= 4 is 11.8 Å². The van der Waals surface area contributed by atoms with Gasteiger partial charge < -0.3 is 25.1 Å². The molecule has 3 heterocycles. The minimum absolute atomic E-state index is 0.160. The highest BCUT2D eigenvalue weighted by Crippen LogP contribution is 2.33. The average Bonchev–Trinajstić information content (AvgIpc) is 3.70. The number of aliphatic hydroxyl groups excluding tert-OH is 1. The number of oxazole rings is 1. The number of amides is 2. The van der Waals surface area contributed by atoms with Crippen LogP contribution in [0.5, 0.6) is 0 Å². The predicted molar refractivity (Wildman–Crippen MR) is 173 cm³/mol. The van der Waals surface area contributed by atoms with E-state index >= 15 is 0 Å². The monoisotopic (exact) mass is 609 g/mol. The van der Waals surface area contributed by atoms with Gasteiger partial charge in [-0.3, -0.25) is 14.6 Å². The second-order valence-electron chi connectivity index (χ2n) is 12.3. The number of benzene rings is 2. The van der Waals surface area contributed by atoms with Crippen LogP contribution >= 0.6 is 0 Å². The second-order valence-corrected chi connectivity index (χ2v) is 12.3. The molecule has 1 fully saturated rings. The number of aryl methyl sites for hydroxylation is 2. The molecule has 3 atom stereocenters. The van der Waals surface area contributed by atoms with Crippen molar-refractivity contribution in [2.24, 2.45) is 0 Å². The fourth-order valence-corrected chi connectivity index (χ4v) is 5.82. The first kappa shape index (κ1) is 32.1. The Hall–Kier alpha value is -4.34. The van der Waals surface area contributed by atoms with E-state index in [0.717, 1.165) is 40.8 Å². The van der Waals surface area contributed by atoms with E-state index in [-0.39, 0.29) is 24.4 Å². The standard InChI is InChI=1S/C36H43N5O4/c1-23(2)30-15-27(18-37-20-30)19-38-21-33(42)31(16-26-9-6-5-7-10-26)40-34(43)28-13-24(3)14-29(17-28)36(44)41-12-8-11-32(41)35-39-25(4)22-45-35/h5-7,9-10,13-15,17-18,20,22-23,31-33,38,42H,8,11-12,16,19,21H2,1-4H3,(H,40,43)/t31-,32?,33+/m0/s1. The van der Waals surface area contributed by atoms with E-state index in [2.05, 4.69) is 40.5 Å². The highest BCUT2D eigenvalue weighted by atomic mass is 16.3. The number of nitrogens with one attached hydrogen (secondary N) is 2. The molecule has 9 nitrogen and oxygen atoms in total. The van der Waals surface area contributed by atoms with Gasteiger partial charge in [0.05, 0.1) is 17.8 Å². The van der Waals surface area contributed by atoms with E-state index < -0.39 is 12.1 Å². The van der Waals surface area contributed by atoms with Crippen LogP contribution in [0.15, 0.2) is 77.7 Å². The van der Waals surface area contributed by atoms with Gasteiger partial charge in [-0.15, -0.1) is 0 Å². The predicted octanol–water partition coefficient (Wildman–Crippen LogP) is 5.28. The SMILES string of the molecule is Cc1cc(C(=O)N[C@@H](Cc2ccccc2)[C@H](O)CNCc2cncc(C(C)C)c2)cc(C(=O)N2CCCC2c2nc(C)co2)c1. The van der Waals surface area contributed by atoms with E-state index in [1.165, 1.54) is 0 Å². The quantitative estimate of drug-likeness (QED) is 0.200. The van der Waals surface area contributed by atoms with Gasteiger partial charge in [0, 0.05) is 43.2 Å². The summed E-state index contributed by atoms with van der Waals surface area (Å²) < 4.78 is 5.63. The van der Waals surface area contributed by atoms with Crippen molar-refractivity contribution in [3.8, 4) is 0 Å². The summed E-state index contributed by atoms with van der Waals surface area (Å²) in [6, 6.07) is 16.3. The molecule has 1 unspecified atom stereocenters. The number of hydrogen-bond donors (Lipinski definition) is 3. The Kier molecular flexibility index (Phi) is 10.4. The maximum absolute atomic E-state index is 13.7. The normalized spacial score (nSPS) is 16.1. The lowest BCUT2D eigenvalue weighted by atomic mass is 9.99. The zero-order chi connectivity index (χ0) is 31.9. The van der Waals surface area contributed by atoms with Gasteiger partial charge in [-0.1, -0.05) is 50.2 Å². The van der Waals surface area contributed by atoms with Crippen LogP contribution in [0.1, 0.15) is 93.2 Å².